The van der Waals surface area contributed by atoms with E-state index >= 15 is 0 Å². The summed E-state index contributed by atoms with van der Waals surface area (Å²) in [6, 6.07) is 41.8. The van der Waals surface area contributed by atoms with Gasteiger partial charge in [-0.05, 0) is 168 Å². The first-order chi connectivity index (χ1) is 54.2. The zero-order chi connectivity index (χ0) is 82.4. The van der Waals surface area contributed by atoms with Crippen LogP contribution in [0.4, 0.5) is 48.5 Å². The first kappa shape index (κ1) is 88.1. The number of methoxy groups -OCH3 is 2. The van der Waals surface area contributed by atoms with Crippen LogP contribution < -0.4 is 35.6 Å². The molecule has 0 aliphatic carbocycles. The number of nitrogens with zero attached hydrogens (tertiary/aromatic N) is 7. The van der Waals surface area contributed by atoms with E-state index in [1.54, 1.807) is 26.8 Å². The number of carbonyl (C=O) groups excluding carboxylic acids is 7. The van der Waals surface area contributed by atoms with Crippen LogP contribution in [0.25, 0.3) is 22.3 Å². The van der Waals surface area contributed by atoms with Gasteiger partial charge < -0.3 is 79.0 Å². The number of anilines is 6. The molecule has 5 amide bonds. The van der Waals surface area contributed by atoms with Gasteiger partial charge in [0.05, 0.1) is 24.0 Å². The van der Waals surface area contributed by atoms with Gasteiger partial charge in [0, 0.05) is 170 Å². The third kappa shape index (κ3) is 26.6. The Morgan fingerprint density at radius 1 is 0.386 bits per heavy atom. The van der Waals surface area contributed by atoms with E-state index < -0.39 is 22.8 Å². The van der Waals surface area contributed by atoms with Crippen molar-refractivity contribution < 1.29 is 67.1 Å². The number of ether oxygens (including phenoxy) is 5. The van der Waals surface area contributed by atoms with E-state index in [2.05, 4.69) is 104 Å². The fourth-order valence-electron chi connectivity index (χ4n) is 11.9. The fraction of sp³-hybridized carbons (Fsp3) is 0.381. The van der Waals surface area contributed by atoms with Gasteiger partial charge in [-0.15, -0.1) is 56.7 Å². The van der Waals surface area contributed by atoms with Crippen molar-refractivity contribution in [1.82, 2.24) is 20.0 Å². The molecule has 0 bridgehead atoms. The lowest BCUT2D eigenvalue weighted by Gasteiger charge is -2.36. The number of esters is 2. The number of benzene rings is 4. The minimum Gasteiger partial charge on any atom is -0.477 e. The van der Waals surface area contributed by atoms with E-state index in [-0.39, 0.29) is 42.0 Å². The Morgan fingerprint density at radius 3 is 1.01 bits per heavy atom. The Labute approximate surface area is 695 Å². The van der Waals surface area contributed by atoms with E-state index in [0.29, 0.717) is 85.0 Å². The topological polar surface area (TPSA) is 262 Å². The molecule has 30 heteroatoms. The summed E-state index contributed by atoms with van der Waals surface area (Å²) >= 11 is 10.1. The number of piperazine rings is 4. The van der Waals surface area contributed by atoms with Crippen molar-refractivity contribution in [2.45, 2.75) is 93.0 Å². The smallest absolute Gasteiger partial charge is 0.410 e. The zero-order valence-corrected chi connectivity index (χ0v) is 72.3. The van der Waals surface area contributed by atoms with Crippen LogP contribution in [0.1, 0.15) is 122 Å². The molecule has 24 nitrogen and oxygen atoms in total. The number of nitrogens with one attached hydrogen (secondary N) is 3. The number of carbonyl (C=O) groups is 8. The monoisotopic (exact) mass is 1710 g/mol. The molecule has 4 aromatic carbocycles. The Morgan fingerprint density at radius 2 is 0.693 bits per heavy atom. The minimum atomic E-state index is -0.904. The van der Waals surface area contributed by atoms with Crippen molar-refractivity contribution in [3.05, 3.63) is 194 Å². The van der Waals surface area contributed by atoms with Crippen molar-refractivity contribution in [2.75, 3.05) is 149 Å². The highest BCUT2D eigenvalue weighted by Gasteiger charge is 2.31. The first-order valence-corrected chi connectivity index (χ1v) is 42.5. The van der Waals surface area contributed by atoms with Crippen molar-refractivity contribution in [3.63, 3.8) is 0 Å². The number of hydrogen-bond donors (Lipinski definition) is 4. The Balaban J connectivity index is 0.000000170. The van der Waals surface area contributed by atoms with Gasteiger partial charge in [0.25, 0.3) is 11.8 Å². The van der Waals surface area contributed by atoms with E-state index in [9.17, 15) is 38.4 Å². The number of hydrogen-bond acceptors (Lipinski definition) is 23. The lowest BCUT2D eigenvalue weighted by molar-refractivity contribution is 0.0230. The molecule has 0 unspecified atom stereocenters. The first-order valence-electron chi connectivity index (χ1n) is 37.3. The minimum absolute atomic E-state index is 0.0466. The van der Waals surface area contributed by atoms with Gasteiger partial charge in [-0.3, -0.25) is 9.59 Å². The van der Waals surface area contributed by atoms with Crippen LogP contribution >= 0.6 is 72.6 Å². The van der Waals surface area contributed by atoms with Crippen LogP contribution in [0.3, 0.4) is 0 Å². The summed E-state index contributed by atoms with van der Waals surface area (Å²) < 4.78 is 26.3. The van der Waals surface area contributed by atoms with E-state index in [1.165, 1.54) is 70.9 Å². The largest absolute Gasteiger partial charge is 0.477 e. The van der Waals surface area contributed by atoms with Crippen molar-refractivity contribution in [2.24, 2.45) is 0 Å². The highest BCUT2D eigenvalue weighted by molar-refractivity contribution is 9.10. The Bertz CT molecular complexity index is 4700. The van der Waals surface area contributed by atoms with Crippen LogP contribution in [-0.2, 0) is 23.7 Å². The summed E-state index contributed by atoms with van der Waals surface area (Å²) in [4.78, 5) is 112. The molecule has 9 aromatic rings. The molecular weight excluding hydrogens is 1610 g/mol. The van der Waals surface area contributed by atoms with Crippen LogP contribution in [0.15, 0.2) is 159 Å². The van der Waals surface area contributed by atoms with Gasteiger partial charge in [-0.25, -0.2) is 28.8 Å². The number of carboxylic acids is 1. The molecule has 0 radical (unpaired) electrons. The van der Waals surface area contributed by atoms with Crippen LogP contribution in [0, 0.1) is 13.8 Å². The van der Waals surface area contributed by atoms with Crippen molar-refractivity contribution >= 4 is 155 Å². The SMILES string of the molecule is CC(C)(C)OC(=O)N1CCN(c2csc(C(=O)O)c2)CC1.COC(=O)c1cc(Br)cs1.COC(=O)c1cc(N2CCN(C(=O)OC(C)(C)C)CC2)cs1.Cc1ccc(-c2ccccc2)cc1NC(=O)c1cc(N2CCN(C(=O)OC(C)(C)C)CC2)cs1.Cc1ccc(-c2ccccc2)cc1NC(=O)c1cc(N2CCNCC2)cs1. The zero-order valence-electron chi connectivity index (χ0n) is 66.6. The second kappa shape index (κ2) is 41.0. The fourth-order valence-corrected chi connectivity index (χ4v) is 16.4. The number of aryl methyl sites for hydroxylation is 2. The highest BCUT2D eigenvalue weighted by Crippen LogP contribution is 2.33. The van der Waals surface area contributed by atoms with E-state index in [1.807, 2.05) is 170 Å². The molecule has 4 aliphatic heterocycles. The molecule has 0 saturated carbocycles. The van der Waals surface area contributed by atoms with Gasteiger partial charge in [-0.1, -0.05) is 84.9 Å². The predicted octanol–water partition coefficient (Wildman–Crippen LogP) is 17.8. The van der Waals surface area contributed by atoms with E-state index in [0.717, 1.165) is 116 Å². The molecule has 4 aliphatic rings. The molecule has 608 valence electrons. The summed E-state index contributed by atoms with van der Waals surface area (Å²) in [5.74, 6) is -1.66. The van der Waals surface area contributed by atoms with E-state index in [4.69, 9.17) is 24.1 Å². The summed E-state index contributed by atoms with van der Waals surface area (Å²) in [6.07, 6.45) is -0.836. The number of carboxylic acid groups (broad SMARTS) is 1. The molecule has 5 aromatic heterocycles. The maximum absolute atomic E-state index is 13.0. The van der Waals surface area contributed by atoms with Crippen molar-refractivity contribution in [3.8, 4) is 22.3 Å². The summed E-state index contributed by atoms with van der Waals surface area (Å²) in [6.45, 7) is 32.5. The molecule has 4 fully saturated rings. The Hall–Kier alpha value is -9.82. The summed E-state index contributed by atoms with van der Waals surface area (Å²) in [5, 5.41) is 28.2. The third-order valence-electron chi connectivity index (χ3n) is 17.9. The number of halogens is 1. The number of rotatable bonds is 13. The lowest BCUT2D eigenvalue weighted by atomic mass is 10.0. The third-order valence-corrected chi connectivity index (χ3v) is 23.2. The van der Waals surface area contributed by atoms with Crippen LogP contribution in [0.2, 0.25) is 0 Å². The summed E-state index contributed by atoms with van der Waals surface area (Å²) in [5.41, 5.74) is 10.8. The second-order valence-electron chi connectivity index (χ2n) is 29.9. The average Bonchev–Trinajstić information content (AvgIpc) is 1.57. The van der Waals surface area contributed by atoms with Gasteiger partial charge in [-0.2, -0.15) is 0 Å². The number of amides is 5. The Kier molecular flexibility index (Phi) is 31.7. The van der Waals surface area contributed by atoms with Gasteiger partial charge >= 0.3 is 36.2 Å². The molecule has 9 heterocycles. The average molecular weight is 1720 g/mol. The van der Waals surface area contributed by atoms with Gasteiger partial charge in [0.2, 0.25) is 0 Å². The lowest BCUT2D eigenvalue weighted by Crippen LogP contribution is -2.50. The molecule has 13 rings (SSSR count). The van der Waals surface area contributed by atoms with Gasteiger partial charge in [0.1, 0.15) is 31.4 Å². The normalized spacial score (nSPS) is 14.4. The molecule has 0 spiro atoms. The number of aromatic carboxylic acids is 1. The standard InChI is InChI=1S/C27H31N3O3S.C22H23N3OS.C15H22N2O4S.C14H20N2O4S.C6H5BrO2S/c1-19-10-11-21(20-8-6-5-7-9-20)16-23(19)28-25(31)24-17-22(18-34-24)29-12-14-30(15-13-29)26(32)33-27(2,3)4;1-16-7-8-18(17-5-3-2-4-6-17)13-20(16)24-22(26)21-14-19(15-27-21)25-11-9-23-10-12-25;1-15(2,3)21-14(19)17-7-5-16(6-8-17)11-9-12(22-10-11)13(18)20-4;1-14(2,3)20-13(19)16-6-4-15(5-7-16)10-8-11(12(17)18)21-9-10;1-9-6(8)5-2-4(7)3-10-5/h5-11,16-18H,12-15H2,1-4H3,(H,28,31);2-8,13-15,23H,9-12H2,1H3,(H,24,26);9-10H,5-8H2,1-4H3;8-9H,4-7H2,1-3H3,(H,17,18);2-3H,1H3. The molecule has 4 saturated heterocycles. The highest BCUT2D eigenvalue weighted by atomic mass is 79.9. The van der Waals surface area contributed by atoms with Crippen LogP contribution in [0.5, 0.6) is 0 Å². The van der Waals surface area contributed by atoms with Gasteiger partial charge in [0.15, 0.2) is 0 Å². The van der Waals surface area contributed by atoms with Crippen LogP contribution in [-0.4, -0.2) is 204 Å². The predicted molar refractivity (Wildman–Crippen MR) is 463 cm³/mol. The molecule has 114 heavy (non-hydrogen) atoms. The maximum Gasteiger partial charge on any atom is 0.410 e. The quantitative estimate of drug-likeness (QED) is 0.0617. The maximum atomic E-state index is 13.0. The van der Waals surface area contributed by atoms with Crippen molar-refractivity contribution in [1.29, 1.82) is 0 Å². The second-order valence-corrected chi connectivity index (χ2v) is 35.4. The molecule has 4 N–H and O–H groups in total. The summed E-state index contributed by atoms with van der Waals surface area (Å²) in [7, 11) is 2.75. The molecule has 0 atom stereocenters. The molecular formula is C84H101BrN10O14S5. The number of thiophene rings is 5.